The fourth-order valence-corrected chi connectivity index (χ4v) is 3.04. The van der Waals surface area contributed by atoms with Crippen LogP contribution in [0.3, 0.4) is 0 Å². The minimum atomic E-state index is -3.66. The van der Waals surface area contributed by atoms with E-state index in [-0.39, 0.29) is 4.90 Å². The van der Waals surface area contributed by atoms with Gasteiger partial charge in [-0.2, -0.15) is 0 Å². The number of ether oxygens (including phenoxy) is 1. The van der Waals surface area contributed by atoms with Crippen LogP contribution in [0.2, 0.25) is 0 Å². The number of benzene rings is 1. The molecule has 0 spiro atoms. The lowest BCUT2D eigenvalue weighted by atomic mass is 10.1. The summed E-state index contributed by atoms with van der Waals surface area (Å²) in [4.78, 5) is 4.21. The first-order chi connectivity index (χ1) is 9.96. The molecule has 5 nitrogen and oxygen atoms in total. The van der Waals surface area contributed by atoms with E-state index in [1.165, 1.54) is 6.07 Å². The van der Waals surface area contributed by atoms with E-state index in [9.17, 15) is 8.42 Å². The molecule has 0 amide bonds. The maximum atomic E-state index is 12.4. The van der Waals surface area contributed by atoms with Gasteiger partial charge in [0.1, 0.15) is 11.6 Å². The van der Waals surface area contributed by atoms with Gasteiger partial charge in [0.15, 0.2) is 0 Å². The summed E-state index contributed by atoms with van der Waals surface area (Å²) in [5.74, 6) is 0.994. The zero-order chi connectivity index (χ0) is 15.5. The molecule has 0 atom stereocenters. The van der Waals surface area contributed by atoms with Gasteiger partial charge in [-0.15, -0.1) is 0 Å². The number of rotatable bonds is 5. The smallest absolute Gasteiger partial charge is 0.263 e. The van der Waals surface area contributed by atoms with Crippen molar-refractivity contribution in [1.82, 2.24) is 4.98 Å². The molecule has 0 saturated carbocycles. The molecule has 2 aromatic rings. The standard InChI is InChI=1S/C15H18N2O3S/c1-4-12-10-13(5-6-14(12)20-3)21(18,19)17-15-9-11(2)7-8-16-15/h5-10H,4H2,1-3H3,(H,16,17). The Balaban J connectivity index is 2.35. The van der Waals surface area contributed by atoms with E-state index in [0.29, 0.717) is 18.0 Å². The second-order valence-electron chi connectivity index (χ2n) is 4.65. The van der Waals surface area contributed by atoms with Gasteiger partial charge in [0.2, 0.25) is 0 Å². The van der Waals surface area contributed by atoms with Crippen molar-refractivity contribution in [2.45, 2.75) is 25.2 Å². The van der Waals surface area contributed by atoms with Crippen LogP contribution in [-0.4, -0.2) is 20.5 Å². The number of anilines is 1. The molecule has 1 N–H and O–H groups in total. The number of aryl methyl sites for hydroxylation is 2. The molecular formula is C15H18N2O3S. The molecule has 6 heteroatoms. The molecule has 112 valence electrons. The van der Waals surface area contributed by atoms with E-state index in [2.05, 4.69) is 9.71 Å². The second kappa shape index (κ2) is 6.13. The van der Waals surface area contributed by atoms with Crippen molar-refractivity contribution in [3.8, 4) is 5.75 Å². The molecule has 1 aromatic heterocycles. The quantitative estimate of drug-likeness (QED) is 0.922. The number of nitrogens with zero attached hydrogens (tertiary/aromatic N) is 1. The van der Waals surface area contributed by atoms with Gasteiger partial charge in [-0.25, -0.2) is 13.4 Å². The molecule has 0 fully saturated rings. The van der Waals surface area contributed by atoms with E-state index in [1.807, 2.05) is 13.8 Å². The number of hydrogen-bond acceptors (Lipinski definition) is 4. The number of pyridine rings is 1. The number of methoxy groups -OCH3 is 1. The van der Waals surface area contributed by atoms with Crippen molar-refractivity contribution in [3.05, 3.63) is 47.7 Å². The second-order valence-corrected chi connectivity index (χ2v) is 6.33. The molecule has 0 radical (unpaired) electrons. The molecule has 1 aromatic carbocycles. The summed E-state index contributed by atoms with van der Waals surface area (Å²) in [7, 11) is -2.09. The fraction of sp³-hybridized carbons (Fsp3) is 0.267. The summed E-state index contributed by atoms with van der Waals surface area (Å²) < 4.78 is 32.5. The van der Waals surface area contributed by atoms with Crippen LogP contribution < -0.4 is 9.46 Å². The van der Waals surface area contributed by atoms with Crippen LogP contribution in [-0.2, 0) is 16.4 Å². The summed E-state index contributed by atoms with van der Waals surface area (Å²) in [5.41, 5.74) is 1.78. The lowest BCUT2D eigenvalue weighted by Gasteiger charge is -2.11. The van der Waals surface area contributed by atoms with E-state index in [0.717, 1.165) is 11.1 Å². The molecule has 0 aliphatic heterocycles. The topological polar surface area (TPSA) is 68.3 Å². The Morgan fingerprint density at radius 2 is 2.00 bits per heavy atom. The largest absolute Gasteiger partial charge is 0.496 e. The molecule has 0 saturated heterocycles. The Kier molecular flexibility index (Phi) is 4.47. The Morgan fingerprint density at radius 1 is 1.24 bits per heavy atom. The first-order valence-corrected chi connectivity index (χ1v) is 8.07. The van der Waals surface area contributed by atoms with Gasteiger partial charge >= 0.3 is 0 Å². The van der Waals surface area contributed by atoms with Gasteiger partial charge in [-0.1, -0.05) is 6.92 Å². The molecule has 2 rings (SSSR count). The van der Waals surface area contributed by atoms with E-state index >= 15 is 0 Å². The molecule has 0 aliphatic rings. The molecule has 1 heterocycles. The highest BCUT2D eigenvalue weighted by Gasteiger charge is 2.16. The predicted octanol–water partition coefficient (Wildman–Crippen LogP) is 2.76. The molecule has 0 aliphatic carbocycles. The normalized spacial score (nSPS) is 11.2. The lowest BCUT2D eigenvalue weighted by molar-refractivity contribution is 0.409. The number of nitrogens with one attached hydrogen (secondary N) is 1. The van der Waals surface area contributed by atoms with Crippen LogP contribution in [0.4, 0.5) is 5.82 Å². The van der Waals surface area contributed by atoms with Crippen molar-refractivity contribution in [3.63, 3.8) is 0 Å². The minimum Gasteiger partial charge on any atom is -0.496 e. The highest BCUT2D eigenvalue weighted by Crippen LogP contribution is 2.24. The van der Waals surface area contributed by atoms with Crippen LogP contribution in [0.1, 0.15) is 18.1 Å². The van der Waals surface area contributed by atoms with Gasteiger partial charge in [0.05, 0.1) is 12.0 Å². The number of aromatic nitrogens is 1. The van der Waals surface area contributed by atoms with Crippen LogP contribution in [0.25, 0.3) is 0 Å². The number of hydrogen-bond donors (Lipinski definition) is 1. The molecule has 21 heavy (non-hydrogen) atoms. The maximum absolute atomic E-state index is 12.4. The van der Waals surface area contributed by atoms with Crippen LogP contribution in [0.15, 0.2) is 41.4 Å². The summed E-state index contributed by atoms with van der Waals surface area (Å²) in [6.45, 7) is 3.83. The van der Waals surface area contributed by atoms with Gasteiger partial charge in [0.25, 0.3) is 10.0 Å². The first kappa shape index (κ1) is 15.3. The lowest BCUT2D eigenvalue weighted by Crippen LogP contribution is -2.14. The van der Waals surface area contributed by atoms with Gasteiger partial charge in [-0.3, -0.25) is 4.72 Å². The Labute approximate surface area is 125 Å². The van der Waals surface area contributed by atoms with Crippen molar-refractivity contribution < 1.29 is 13.2 Å². The third-order valence-corrected chi connectivity index (χ3v) is 4.45. The van der Waals surface area contributed by atoms with Crippen molar-refractivity contribution in [2.75, 3.05) is 11.8 Å². The highest BCUT2D eigenvalue weighted by molar-refractivity contribution is 7.92. The Morgan fingerprint density at radius 3 is 2.62 bits per heavy atom. The molecular weight excluding hydrogens is 288 g/mol. The van der Waals surface area contributed by atoms with Crippen molar-refractivity contribution >= 4 is 15.8 Å². The van der Waals surface area contributed by atoms with Crippen molar-refractivity contribution in [2.24, 2.45) is 0 Å². The van der Waals surface area contributed by atoms with E-state index in [1.54, 1.807) is 37.6 Å². The zero-order valence-corrected chi connectivity index (χ0v) is 13.1. The van der Waals surface area contributed by atoms with Crippen LogP contribution in [0, 0.1) is 6.92 Å². The average Bonchev–Trinajstić information content (AvgIpc) is 2.46. The summed E-state index contributed by atoms with van der Waals surface area (Å²) in [6, 6.07) is 8.30. The van der Waals surface area contributed by atoms with E-state index < -0.39 is 10.0 Å². The van der Waals surface area contributed by atoms with Gasteiger partial charge < -0.3 is 4.74 Å². The van der Waals surface area contributed by atoms with Gasteiger partial charge in [0, 0.05) is 6.20 Å². The third kappa shape index (κ3) is 3.52. The highest BCUT2D eigenvalue weighted by atomic mass is 32.2. The predicted molar refractivity (Wildman–Crippen MR) is 82.2 cm³/mol. The SMILES string of the molecule is CCc1cc(S(=O)(=O)Nc2cc(C)ccn2)ccc1OC. The first-order valence-electron chi connectivity index (χ1n) is 6.58. The van der Waals surface area contributed by atoms with Gasteiger partial charge in [-0.05, 0) is 54.8 Å². The monoisotopic (exact) mass is 306 g/mol. The van der Waals surface area contributed by atoms with Crippen molar-refractivity contribution in [1.29, 1.82) is 0 Å². The minimum absolute atomic E-state index is 0.198. The zero-order valence-electron chi connectivity index (χ0n) is 12.3. The van der Waals surface area contributed by atoms with Crippen LogP contribution >= 0.6 is 0 Å². The summed E-state index contributed by atoms with van der Waals surface area (Å²) >= 11 is 0. The third-order valence-electron chi connectivity index (χ3n) is 3.10. The van der Waals surface area contributed by atoms with Crippen LogP contribution in [0.5, 0.6) is 5.75 Å². The Bertz CT molecular complexity index is 742. The number of sulfonamides is 1. The Hall–Kier alpha value is -2.08. The molecule has 0 unspecified atom stereocenters. The molecule has 0 bridgehead atoms. The summed E-state index contributed by atoms with van der Waals surface area (Å²) in [6.07, 6.45) is 2.26. The maximum Gasteiger partial charge on any atom is 0.263 e. The fourth-order valence-electron chi connectivity index (χ4n) is 1.99. The van der Waals surface area contributed by atoms with E-state index in [4.69, 9.17) is 4.74 Å². The summed E-state index contributed by atoms with van der Waals surface area (Å²) in [5, 5.41) is 0. The average molecular weight is 306 g/mol.